The fourth-order valence-corrected chi connectivity index (χ4v) is 2.20. The standard InChI is InChI=1S/C14H23N3O/c1-4-10(2)8-16(3)14(18)13-7-11(15)9-17(13)12-5-6-12/h7,9-10,12H,4-6,8,15H2,1-3H3. The molecule has 1 aromatic rings. The van der Waals surface area contributed by atoms with E-state index in [1.165, 1.54) is 0 Å². The number of nitrogen functional groups attached to an aromatic ring is 1. The van der Waals surface area contributed by atoms with Crippen LogP contribution in [0.25, 0.3) is 0 Å². The molecule has 0 spiro atoms. The van der Waals surface area contributed by atoms with E-state index in [2.05, 4.69) is 13.8 Å². The van der Waals surface area contributed by atoms with E-state index in [-0.39, 0.29) is 5.91 Å². The maximum absolute atomic E-state index is 12.4. The molecule has 0 bridgehead atoms. The Morgan fingerprint density at radius 2 is 2.28 bits per heavy atom. The third-order valence-corrected chi connectivity index (χ3v) is 3.66. The van der Waals surface area contributed by atoms with Gasteiger partial charge in [-0.05, 0) is 24.8 Å². The third kappa shape index (κ3) is 2.68. The van der Waals surface area contributed by atoms with Gasteiger partial charge in [-0.1, -0.05) is 20.3 Å². The molecule has 1 atom stereocenters. The van der Waals surface area contributed by atoms with Crippen molar-refractivity contribution in [3.05, 3.63) is 18.0 Å². The number of carbonyl (C=O) groups excluding carboxylic acids is 1. The molecule has 1 saturated carbocycles. The maximum atomic E-state index is 12.4. The Hall–Kier alpha value is -1.45. The van der Waals surface area contributed by atoms with Gasteiger partial charge < -0.3 is 15.2 Å². The SMILES string of the molecule is CCC(C)CN(C)C(=O)c1cc(N)cn1C1CC1. The molecule has 0 aromatic carbocycles. The van der Waals surface area contributed by atoms with Crippen LogP contribution in [0.5, 0.6) is 0 Å². The van der Waals surface area contributed by atoms with E-state index in [1.807, 2.05) is 22.7 Å². The van der Waals surface area contributed by atoms with Crippen LogP contribution in [0.15, 0.2) is 12.3 Å². The molecule has 0 aliphatic heterocycles. The largest absolute Gasteiger partial charge is 0.397 e. The number of rotatable bonds is 5. The van der Waals surface area contributed by atoms with E-state index >= 15 is 0 Å². The summed E-state index contributed by atoms with van der Waals surface area (Å²) >= 11 is 0. The van der Waals surface area contributed by atoms with Crippen LogP contribution < -0.4 is 5.73 Å². The molecule has 2 rings (SSSR count). The summed E-state index contributed by atoms with van der Waals surface area (Å²) in [4.78, 5) is 14.2. The molecule has 1 aromatic heterocycles. The number of aromatic nitrogens is 1. The molecule has 1 heterocycles. The molecular formula is C14H23N3O. The second kappa shape index (κ2) is 5.04. The monoisotopic (exact) mass is 249 g/mol. The molecule has 1 amide bonds. The molecule has 1 aliphatic carbocycles. The van der Waals surface area contributed by atoms with Crippen LogP contribution in [0.2, 0.25) is 0 Å². The van der Waals surface area contributed by atoms with E-state index in [4.69, 9.17) is 5.73 Å². The summed E-state index contributed by atoms with van der Waals surface area (Å²) < 4.78 is 2.05. The van der Waals surface area contributed by atoms with Gasteiger partial charge in [0.15, 0.2) is 0 Å². The maximum Gasteiger partial charge on any atom is 0.270 e. The van der Waals surface area contributed by atoms with Crippen molar-refractivity contribution in [1.82, 2.24) is 9.47 Å². The lowest BCUT2D eigenvalue weighted by Gasteiger charge is -2.21. The zero-order chi connectivity index (χ0) is 13.3. The first-order valence-electron chi connectivity index (χ1n) is 6.75. The van der Waals surface area contributed by atoms with Crippen molar-refractivity contribution in [2.45, 2.75) is 39.2 Å². The van der Waals surface area contributed by atoms with Gasteiger partial charge in [0.1, 0.15) is 5.69 Å². The number of hydrogen-bond acceptors (Lipinski definition) is 2. The average Bonchev–Trinajstić information content (AvgIpc) is 3.11. The average molecular weight is 249 g/mol. The highest BCUT2D eigenvalue weighted by Crippen LogP contribution is 2.37. The molecule has 4 heteroatoms. The summed E-state index contributed by atoms with van der Waals surface area (Å²) in [6.07, 6.45) is 5.29. The number of nitrogens with two attached hydrogens (primary N) is 1. The molecule has 1 unspecified atom stereocenters. The van der Waals surface area contributed by atoms with E-state index < -0.39 is 0 Å². The smallest absolute Gasteiger partial charge is 0.270 e. The Morgan fingerprint density at radius 3 is 2.83 bits per heavy atom. The molecule has 4 nitrogen and oxygen atoms in total. The van der Waals surface area contributed by atoms with E-state index in [1.54, 1.807) is 6.07 Å². The van der Waals surface area contributed by atoms with Crippen molar-refractivity contribution >= 4 is 11.6 Å². The molecular weight excluding hydrogens is 226 g/mol. The highest BCUT2D eigenvalue weighted by atomic mass is 16.2. The van der Waals surface area contributed by atoms with Gasteiger partial charge >= 0.3 is 0 Å². The summed E-state index contributed by atoms with van der Waals surface area (Å²) in [5, 5.41) is 0. The number of amides is 1. The quantitative estimate of drug-likeness (QED) is 0.871. The summed E-state index contributed by atoms with van der Waals surface area (Å²) in [5.41, 5.74) is 7.24. The predicted octanol–water partition coefficient (Wildman–Crippen LogP) is 2.52. The molecule has 0 radical (unpaired) electrons. The van der Waals surface area contributed by atoms with E-state index in [0.717, 1.165) is 31.5 Å². The zero-order valence-electron chi connectivity index (χ0n) is 11.5. The summed E-state index contributed by atoms with van der Waals surface area (Å²) in [5.74, 6) is 0.611. The molecule has 18 heavy (non-hydrogen) atoms. The van der Waals surface area contributed by atoms with Crippen molar-refractivity contribution in [2.75, 3.05) is 19.3 Å². The van der Waals surface area contributed by atoms with Crippen molar-refractivity contribution in [3.63, 3.8) is 0 Å². The number of anilines is 1. The summed E-state index contributed by atoms with van der Waals surface area (Å²) in [7, 11) is 1.87. The highest BCUT2D eigenvalue weighted by molar-refractivity contribution is 5.93. The minimum Gasteiger partial charge on any atom is -0.397 e. The Bertz CT molecular complexity index is 434. The van der Waals surface area contributed by atoms with Crippen LogP contribution >= 0.6 is 0 Å². The molecule has 1 fully saturated rings. The van der Waals surface area contributed by atoms with Crippen molar-refractivity contribution in [1.29, 1.82) is 0 Å². The predicted molar refractivity (Wildman–Crippen MR) is 73.5 cm³/mol. The second-order valence-corrected chi connectivity index (χ2v) is 5.50. The van der Waals surface area contributed by atoms with Crippen LogP contribution in [-0.4, -0.2) is 29.0 Å². The van der Waals surface area contributed by atoms with Crippen molar-refractivity contribution in [2.24, 2.45) is 5.92 Å². The number of carbonyl (C=O) groups is 1. The van der Waals surface area contributed by atoms with Gasteiger partial charge in [-0.25, -0.2) is 0 Å². The first-order chi connectivity index (χ1) is 8.52. The summed E-state index contributed by atoms with van der Waals surface area (Å²) in [6.45, 7) is 5.11. The van der Waals surface area contributed by atoms with Gasteiger partial charge in [0.2, 0.25) is 0 Å². The van der Waals surface area contributed by atoms with Crippen molar-refractivity contribution in [3.8, 4) is 0 Å². The summed E-state index contributed by atoms with van der Waals surface area (Å²) in [6, 6.07) is 2.28. The Kier molecular flexibility index (Phi) is 3.64. The lowest BCUT2D eigenvalue weighted by atomic mass is 10.1. The second-order valence-electron chi connectivity index (χ2n) is 5.50. The van der Waals surface area contributed by atoms with Crippen molar-refractivity contribution < 1.29 is 4.79 Å². The number of nitrogens with zero attached hydrogens (tertiary/aromatic N) is 2. The molecule has 0 saturated heterocycles. The minimum absolute atomic E-state index is 0.0823. The Morgan fingerprint density at radius 1 is 1.61 bits per heavy atom. The lowest BCUT2D eigenvalue weighted by Crippen LogP contribution is -2.32. The van der Waals surface area contributed by atoms with Gasteiger partial charge in [0.25, 0.3) is 5.91 Å². The third-order valence-electron chi connectivity index (χ3n) is 3.66. The van der Waals surface area contributed by atoms with Gasteiger partial charge in [-0.2, -0.15) is 0 Å². The topological polar surface area (TPSA) is 51.3 Å². The Labute approximate surface area is 109 Å². The first-order valence-corrected chi connectivity index (χ1v) is 6.75. The molecule has 1 aliphatic rings. The van der Waals surface area contributed by atoms with Crippen LogP contribution in [0.1, 0.15) is 49.6 Å². The fraction of sp³-hybridized carbons (Fsp3) is 0.643. The highest BCUT2D eigenvalue weighted by Gasteiger charge is 2.28. The van der Waals surface area contributed by atoms with Gasteiger partial charge in [-0.15, -0.1) is 0 Å². The first kappa shape index (κ1) is 13.0. The zero-order valence-corrected chi connectivity index (χ0v) is 11.5. The lowest BCUT2D eigenvalue weighted by molar-refractivity contribution is 0.0764. The van der Waals surface area contributed by atoms with Crippen LogP contribution in [0.4, 0.5) is 5.69 Å². The Balaban J connectivity index is 2.12. The van der Waals surface area contributed by atoms with E-state index in [9.17, 15) is 4.79 Å². The minimum atomic E-state index is 0.0823. The molecule has 100 valence electrons. The van der Waals surface area contributed by atoms with Gasteiger partial charge in [0.05, 0.1) is 5.69 Å². The number of hydrogen-bond donors (Lipinski definition) is 1. The van der Waals surface area contributed by atoms with Gasteiger partial charge in [0, 0.05) is 25.8 Å². The van der Waals surface area contributed by atoms with Crippen LogP contribution in [0.3, 0.4) is 0 Å². The van der Waals surface area contributed by atoms with Crippen LogP contribution in [-0.2, 0) is 0 Å². The normalized spacial score (nSPS) is 16.6. The molecule has 2 N–H and O–H groups in total. The van der Waals surface area contributed by atoms with E-state index in [0.29, 0.717) is 17.6 Å². The van der Waals surface area contributed by atoms with Gasteiger partial charge in [-0.3, -0.25) is 4.79 Å². The van der Waals surface area contributed by atoms with Crippen LogP contribution in [0, 0.1) is 5.92 Å². The fourth-order valence-electron chi connectivity index (χ4n) is 2.20.